The molecular formula is C13H22N2O3. The molecule has 0 aromatic rings. The number of hydrogen-bond donors (Lipinski definition) is 2. The molecule has 0 unspecified atom stereocenters. The Balaban J connectivity index is 2.34. The highest BCUT2D eigenvalue weighted by molar-refractivity contribution is 5.86. The molecule has 5 nitrogen and oxygen atoms in total. The quantitative estimate of drug-likeness (QED) is 0.647. The van der Waals surface area contributed by atoms with Crippen LogP contribution in [-0.2, 0) is 14.4 Å². The predicted molar refractivity (Wildman–Crippen MR) is 68.5 cm³/mol. The minimum absolute atomic E-state index is 0.116. The Hall–Kier alpha value is -1.07. The van der Waals surface area contributed by atoms with Crippen molar-refractivity contribution in [3.8, 4) is 0 Å². The highest BCUT2D eigenvalue weighted by Crippen LogP contribution is 1.99. The van der Waals surface area contributed by atoms with Crippen LogP contribution in [0, 0.1) is 0 Å². The van der Waals surface area contributed by atoms with Crippen molar-refractivity contribution in [2.45, 2.75) is 38.5 Å². The van der Waals surface area contributed by atoms with E-state index >= 15 is 0 Å². The molecule has 102 valence electrons. The van der Waals surface area contributed by atoms with Gasteiger partial charge < -0.3 is 10.6 Å². The molecule has 0 radical (unpaired) electrons. The fraction of sp³-hybridized carbons (Fsp3) is 0.769. The van der Waals surface area contributed by atoms with E-state index in [0.29, 0.717) is 64.7 Å². The van der Waals surface area contributed by atoms with Gasteiger partial charge in [0.1, 0.15) is 17.3 Å². The largest absolute Gasteiger partial charge is 0.316 e. The lowest BCUT2D eigenvalue weighted by Gasteiger charge is -2.04. The van der Waals surface area contributed by atoms with Crippen molar-refractivity contribution < 1.29 is 14.4 Å². The molecule has 0 aliphatic carbocycles. The second-order valence-corrected chi connectivity index (χ2v) is 4.62. The summed E-state index contributed by atoms with van der Waals surface area (Å²) in [6, 6.07) is 0. The number of rotatable bonds is 0. The zero-order valence-electron chi connectivity index (χ0n) is 10.8. The molecule has 1 fully saturated rings. The second kappa shape index (κ2) is 8.94. The average molecular weight is 254 g/mol. The fourth-order valence-electron chi connectivity index (χ4n) is 1.82. The number of hydrogen-bond acceptors (Lipinski definition) is 5. The van der Waals surface area contributed by atoms with Gasteiger partial charge in [-0.3, -0.25) is 14.4 Å². The molecular weight excluding hydrogens is 232 g/mol. The van der Waals surface area contributed by atoms with Gasteiger partial charge in [-0.1, -0.05) is 0 Å². The van der Waals surface area contributed by atoms with Crippen LogP contribution < -0.4 is 10.6 Å². The van der Waals surface area contributed by atoms with E-state index in [-0.39, 0.29) is 17.3 Å². The molecule has 1 aliphatic heterocycles. The normalized spacial score (nSPS) is 22.3. The fourth-order valence-corrected chi connectivity index (χ4v) is 1.82. The monoisotopic (exact) mass is 254 g/mol. The molecule has 0 amide bonds. The Bertz CT molecular complexity index is 275. The number of Topliss-reactive ketones (excluding diaryl/α,β-unsaturated/α-hetero) is 3. The highest BCUT2D eigenvalue weighted by atomic mass is 16.1. The first-order valence-corrected chi connectivity index (χ1v) is 6.65. The van der Waals surface area contributed by atoms with Crippen LogP contribution >= 0.6 is 0 Å². The van der Waals surface area contributed by atoms with Crippen LogP contribution in [0.25, 0.3) is 0 Å². The van der Waals surface area contributed by atoms with Crippen LogP contribution in [0.1, 0.15) is 38.5 Å². The molecule has 2 N–H and O–H groups in total. The standard InChI is InChI=1S/C13H22N2O3/c16-11-1-2-12(17)4-8-15-10-6-13(18)5-9-14-7-3-11/h14-15H,1-10H2. The van der Waals surface area contributed by atoms with Crippen LogP contribution in [0.3, 0.4) is 0 Å². The van der Waals surface area contributed by atoms with Crippen molar-refractivity contribution in [2.24, 2.45) is 0 Å². The molecule has 0 bridgehead atoms. The first-order valence-electron chi connectivity index (χ1n) is 6.65. The van der Waals surface area contributed by atoms with Crippen molar-refractivity contribution in [3.05, 3.63) is 0 Å². The molecule has 18 heavy (non-hydrogen) atoms. The zero-order chi connectivity index (χ0) is 13.2. The summed E-state index contributed by atoms with van der Waals surface area (Å²) < 4.78 is 0. The lowest BCUT2D eigenvalue weighted by Crippen LogP contribution is -2.23. The molecule has 0 saturated carbocycles. The third kappa shape index (κ3) is 7.29. The third-order valence-corrected chi connectivity index (χ3v) is 3.01. The van der Waals surface area contributed by atoms with Crippen molar-refractivity contribution in [1.29, 1.82) is 0 Å². The van der Waals surface area contributed by atoms with E-state index in [0.717, 1.165) is 0 Å². The summed E-state index contributed by atoms with van der Waals surface area (Å²) in [5.74, 6) is 0.442. The van der Waals surface area contributed by atoms with Gasteiger partial charge in [-0.25, -0.2) is 0 Å². The van der Waals surface area contributed by atoms with E-state index in [1.54, 1.807) is 0 Å². The molecule has 1 heterocycles. The van der Waals surface area contributed by atoms with Crippen molar-refractivity contribution in [3.63, 3.8) is 0 Å². The average Bonchev–Trinajstić information content (AvgIpc) is 2.35. The lowest BCUT2D eigenvalue weighted by atomic mass is 10.1. The van der Waals surface area contributed by atoms with E-state index < -0.39 is 0 Å². The molecule has 1 aliphatic rings. The van der Waals surface area contributed by atoms with E-state index in [2.05, 4.69) is 10.6 Å². The van der Waals surface area contributed by atoms with E-state index in [9.17, 15) is 14.4 Å². The topological polar surface area (TPSA) is 75.3 Å². The molecule has 5 heteroatoms. The SMILES string of the molecule is O=C1CCNCCC(=O)CCC(=O)CCNCC1. The van der Waals surface area contributed by atoms with E-state index in [1.807, 2.05) is 0 Å². The maximum Gasteiger partial charge on any atom is 0.135 e. The summed E-state index contributed by atoms with van der Waals surface area (Å²) in [7, 11) is 0. The summed E-state index contributed by atoms with van der Waals surface area (Å²) in [5, 5.41) is 6.16. The maximum atomic E-state index is 11.5. The van der Waals surface area contributed by atoms with E-state index in [4.69, 9.17) is 0 Å². The summed E-state index contributed by atoms with van der Waals surface area (Å²) in [4.78, 5) is 34.3. The number of nitrogens with one attached hydrogen (secondary N) is 2. The van der Waals surface area contributed by atoms with Gasteiger partial charge in [0.25, 0.3) is 0 Å². The smallest absolute Gasteiger partial charge is 0.135 e. The molecule has 0 spiro atoms. The van der Waals surface area contributed by atoms with Gasteiger partial charge in [-0.05, 0) is 0 Å². The van der Waals surface area contributed by atoms with Gasteiger partial charge in [0, 0.05) is 64.7 Å². The first-order chi connectivity index (χ1) is 8.68. The molecule has 0 aromatic carbocycles. The van der Waals surface area contributed by atoms with Crippen LogP contribution in [0.2, 0.25) is 0 Å². The van der Waals surface area contributed by atoms with Crippen molar-refractivity contribution >= 4 is 17.3 Å². The minimum atomic E-state index is 0.116. The molecule has 0 atom stereocenters. The Morgan fingerprint density at radius 2 is 0.778 bits per heavy atom. The zero-order valence-corrected chi connectivity index (χ0v) is 10.8. The number of ketones is 3. The third-order valence-electron chi connectivity index (χ3n) is 3.01. The number of carbonyl (C=O) groups is 3. The van der Waals surface area contributed by atoms with Gasteiger partial charge in [0.15, 0.2) is 0 Å². The maximum absolute atomic E-state index is 11.5. The van der Waals surface area contributed by atoms with Crippen molar-refractivity contribution in [2.75, 3.05) is 26.2 Å². The first kappa shape index (κ1) is 15.0. The predicted octanol–water partition coefficient (Wildman–Crippen LogP) is 0.227. The summed E-state index contributed by atoms with van der Waals surface area (Å²) >= 11 is 0. The number of carbonyl (C=O) groups excluding carboxylic acids is 3. The Labute approximate surface area is 108 Å². The summed E-state index contributed by atoms with van der Waals surface area (Å²) in [6.45, 7) is 2.45. The van der Waals surface area contributed by atoms with Gasteiger partial charge in [0.05, 0.1) is 0 Å². The Morgan fingerprint density at radius 3 is 1.11 bits per heavy atom. The minimum Gasteiger partial charge on any atom is -0.316 e. The van der Waals surface area contributed by atoms with Crippen molar-refractivity contribution in [1.82, 2.24) is 10.6 Å². The molecule has 1 rings (SSSR count). The Kier molecular flexibility index (Phi) is 7.44. The lowest BCUT2D eigenvalue weighted by molar-refractivity contribution is -0.124. The van der Waals surface area contributed by atoms with Crippen LogP contribution in [-0.4, -0.2) is 43.5 Å². The Morgan fingerprint density at radius 1 is 0.500 bits per heavy atom. The summed E-state index contributed by atoms with van der Waals surface area (Å²) in [6.07, 6.45) is 2.60. The second-order valence-electron chi connectivity index (χ2n) is 4.62. The highest BCUT2D eigenvalue weighted by Gasteiger charge is 2.08. The molecule has 0 aromatic heterocycles. The van der Waals surface area contributed by atoms with Crippen LogP contribution in [0.15, 0.2) is 0 Å². The van der Waals surface area contributed by atoms with E-state index in [1.165, 1.54) is 0 Å². The van der Waals surface area contributed by atoms with Crippen LogP contribution in [0.5, 0.6) is 0 Å². The van der Waals surface area contributed by atoms with Gasteiger partial charge >= 0.3 is 0 Å². The van der Waals surface area contributed by atoms with Crippen LogP contribution in [0.4, 0.5) is 0 Å². The van der Waals surface area contributed by atoms with Gasteiger partial charge in [0.2, 0.25) is 0 Å². The van der Waals surface area contributed by atoms with Gasteiger partial charge in [-0.2, -0.15) is 0 Å². The summed E-state index contributed by atoms with van der Waals surface area (Å²) in [5.41, 5.74) is 0. The van der Waals surface area contributed by atoms with Gasteiger partial charge in [-0.15, -0.1) is 0 Å². The molecule has 1 saturated heterocycles.